The molecule has 6 nitrogen and oxygen atoms in total. The molecular weight excluding hydrogens is 330 g/mol. The molecule has 0 saturated heterocycles. The van der Waals surface area contributed by atoms with Crippen molar-refractivity contribution in [2.75, 3.05) is 20.3 Å². The third-order valence-electron chi connectivity index (χ3n) is 4.65. The van der Waals surface area contributed by atoms with Crippen molar-refractivity contribution in [3.8, 4) is 11.5 Å². The van der Waals surface area contributed by atoms with Gasteiger partial charge in [0.1, 0.15) is 5.82 Å². The van der Waals surface area contributed by atoms with Gasteiger partial charge in [-0.1, -0.05) is 19.1 Å². The van der Waals surface area contributed by atoms with E-state index in [1.807, 2.05) is 19.1 Å². The lowest BCUT2D eigenvalue weighted by molar-refractivity contribution is 0.233. The van der Waals surface area contributed by atoms with Crippen molar-refractivity contribution in [2.24, 2.45) is 0 Å². The minimum absolute atomic E-state index is 0.00109. The van der Waals surface area contributed by atoms with E-state index in [0.717, 1.165) is 60.0 Å². The average Bonchev–Trinajstić information content (AvgIpc) is 2.64. The smallest absolute Gasteiger partial charge is 0.255 e. The number of fused-ring (bicyclic) bond motifs is 1. The third kappa shape index (κ3) is 3.90. The summed E-state index contributed by atoms with van der Waals surface area (Å²) in [5, 5.41) is 0. The molecule has 3 rings (SSSR count). The monoisotopic (exact) mass is 357 g/mol. The summed E-state index contributed by atoms with van der Waals surface area (Å²) in [4.78, 5) is 22.3. The van der Waals surface area contributed by atoms with E-state index in [1.165, 1.54) is 0 Å². The molecule has 26 heavy (non-hydrogen) atoms. The molecular formula is C20H27N3O3. The zero-order valence-corrected chi connectivity index (χ0v) is 15.8. The Bertz CT molecular complexity index is 816. The molecule has 140 valence electrons. The number of ether oxygens (including phenoxy) is 2. The van der Waals surface area contributed by atoms with E-state index < -0.39 is 0 Å². The molecule has 1 aliphatic rings. The van der Waals surface area contributed by atoms with Crippen LogP contribution in [0.2, 0.25) is 0 Å². The Kier molecular flexibility index (Phi) is 5.93. The van der Waals surface area contributed by atoms with Crippen molar-refractivity contribution >= 4 is 0 Å². The molecule has 2 aromatic rings. The summed E-state index contributed by atoms with van der Waals surface area (Å²) in [6.45, 7) is 6.82. The lowest BCUT2D eigenvalue weighted by Crippen LogP contribution is -2.35. The number of aryl methyl sites for hydroxylation is 1. The molecule has 0 saturated carbocycles. The van der Waals surface area contributed by atoms with Gasteiger partial charge in [-0.05, 0) is 19.4 Å². The highest BCUT2D eigenvalue weighted by Crippen LogP contribution is 2.32. The Hall–Kier alpha value is -2.34. The highest BCUT2D eigenvalue weighted by Gasteiger charge is 2.22. The fourth-order valence-electron chi connectivity index (χ4n) is 3.42. The highest BCUT2D eigenvalue weighted by atomic mass is 16.5. The number of aromatic amines is 1. The van der Waals surface area contributed by atoms with E-state index in [2.05, 4.69) is 27.9 Å². The molecule has 0 fully saturated rings. The molecule has 2 heterocycles. The number of hydrogen-bond acceptors (Lipinski definition) is 5. The first-order valence-corrected chi connectivity index (χ1v) is 9.28. The summed E-state index contributed by atoms with van der Waals surface area (Å²) in [5.41, 5.74) is 2.81. The van der Waals surface area contributed by atoms with E-state index in [0.29, 0.717) is 19.7 Å². The zero-order valence-electron chi connectivity index (χ0n) is 15.8. The summed E-state index contributed by atoms with van der Waals surface area (Å²) in [6, 6.07) is 5.93. The molecule has 1 aliphatic heterocycles. The molecule has 0 atom stereocenters. The van der Waals surface area contributed by atoms with Crippen LogP contribution in [0.25, 0.3) is 0 Å². The lowest BCUT2D eigenvalue weighted by atomic mass is 10.1. The van der Waals surface area contributed by atoms with E-state index in [9.17, 15) is 4.79 Å². The van der Waals surface area contributed by atoms with Crippen molar-refractivity contribution < 1.29 is 9.47 Å². The summed E-state index contributed by atoms with van der Waals surface area (Å²) in [5.74, 6) is 2.33. The Labute approximate surface area is 154 Å². The van der Waals surface area contributed by atoms with Crippen LogP contribution in [0.15, 0.2) is 23.0 Å². The van der Waals surface area contributed by atoms with Gasteiger partial charge in [0, 0.05) is 38.0 Å². The largest absolute Gasteiger partial charge is 0.493 e. The molecule has 0 aliphatic carbocycles. The van der Waals surface area contributed by atoms with Crippen molar-refractivity contribution in [1.82, 2.24) is 14.9 Å². The van der Waals surface area contributed by atoms with Gasteiger partial charge in [-0.3, -0.25) is 9.69 Å². The molecule has 6 heteroatoms. The molecule has 1 aromatic heterocycles. The van der Waals surface area contributed by atoms with Crippen LogP contribution in [0, 0.1) is 0 Å². The van der Waals surface area contributed by atoms with E-state index in [-0.39, 0.29) is 5.56 Å². The van der Waals surface area contributed by atoms with Gasteiger partial charge in [0.25, 0.3) is 5.56 Å². The van der Waals surface area contributed by atoms with Crippen LogP contribution in [-0.4, -0.2) is 35.1 Å². The third-order valence-corrected chi connectivity index (χ3v) is 4.65. The van der Waals surface area contributed by atoms with Crippen LogP contribution in [0.1, 0.15) is 42.9 Å². The number of rotatable bonds is 7. The summed E-state index contributed by atoms with van der Waals surface area (Å²) < 4.78 is 11.2. The number of H-pyrrole nitrogens is 1. The number of aromatic nitrogens is 2. The van der Waals surface area contributed by atoms with Crippen LogP contribution >= 0.6 is 0 Å². The zero-order chi connectivity index (χ0) is 18.5. The Balaban J connectivity index is 1.81. The predicted molar refractivity (Wildman–Crippen MR) is 101 cm³/mol. The van der Waals surface area contributed by atoms with Crippen LogP contribution < -0.4 is 15.0 Å². The fourth-order valence-corrected chi connectivity index (χ4v) is 3.42. The highest BCUT2D eigenvalue weighted by molar-refractivity contribution is 5.46. The maximum atomic E-state index is 12.5. The maximum absolute atomic E-state index is 12.5. The summed E-state index contributed by atoms with van der Waals surface area (Å²) in [6.07, 6.45) is 2.58. The first-order valence-electron chi connectivity index (χ1n) is 9.28. The lowest BCUT2D eigenvalue weighted by Gasteiger charge is -2.28. The predicted octanol–water partition coefficient (Wildman–Crippen LogP) is 2.69. The topological polar surface area (TPSA) is 67.5 Å². The molecule has 0 radical (unpaired) electrons. The number of para-hydroxylation sites is 1. The minimum Gasteiger partial charge on any atom is -0.493 e. The van der Waals surface area contributed by atoms with Gasteiger partial charge in [-0.15, -0.1) is 0 Å². The maximum Gasteiger partial charge on any atom is 0.255 e. The second-order valence-corrected chi connectivity index (χ2v) is 6.53. The van der Waals surface area contributed by atoms with Crippen molar-refractivity contribution in [2.45, 2.75) is 46.2 Å². The number of benzene rings is 1. The van der Waals surface area contributed by atoms with Crippen LogP contribution in [-0.2, 0) is 25.9 Å². The number of nitrogens with zero attached hydrogens (tertiary/aromatic N) is 2. The Morgan fingerprint density at radius 1 is 1.31 bits per heavy atom. The molecule has 1 N–H and O–H groups in total. The fraction of sp³-hybridized carbons (Fsp3) is 0.500. The summed E-state index contributed by atoms with van der Waals surface area (Å²) in [7, 11) is 1.65. The first kappa shape index (κ1) is 18.5. The average molecular weight is 357 g/mol. The SMILES string of the molecule is CCCc1nc2c(c(=O)[nH]1)CN(Cc1cccc(OC)c1OCC)CC2. The quantitative estimate of drug-likeness (QED) is 0.825. The van der Waals surface area contributed by atoms with E-state index >= 15 is 0 Å². The van der Waals surface area contributed by atoms with Crippen LogP contribution in [0.4, 0.5) is 0 Å². The van der Waals surface area contributed by atoms with Crippen LogP contribution in [0.5, 0.6) is 11.5 Å². The molecule has 1 aromatic carbocycles. The second kappa shape index (κ2) is 8.36. The van der Waals surface area contributed by atoms with Crippen molar-refractivity contribution in [3.05, 3.63) is 51.2 Å². The van der Waals surface area contributed by atoms with E-state index in [4.69, 9.17) is 9.47 Å². The first-order chi connectivity index (χ1) is 12.7. The number of nitrogens with one attached hydrogen (secondary N) is 1. The molecule has 0 spiro atoms. The standard InChI is InChI=1S/C20H27N3O3/c1-4-7-18-21-16-10-11-23(13-15(16)20(24)22-18)12-14-8-6-9-17(25-3)19(14)26-5-2/h6,8-9H,4-5,7,10-13H2,1-3H3,(H,21,22,24). The van der Waals surface area contributed by atoms with Crippen molar-refractivity contribution in [1.29, 1.82) is 0 Å². The van der Waals surface area contributed by atoms with E-state index in [1.54, 1.807) is 7.11 Å². The normalized spacial score (nSPS) is 14.1. The van der Waals surface area contributed by atoms with Gasteiger partial charge in [-0.25, -0.2) is 4.98 Å². The molecule has 0 amide bonds. The molecule has 0 bridgehead atoms. The van der Waals surface area contributed by atoms with Gasteiger partial charge in [0.15, 0.2) is 11.5 Å². The van der Waals surface area contributed by atoms with Gasteiger partial charge in [-0.2, -0.15) is 0 Å². The number of hydrogen-bond donors (Lipinski definition) is 1. The van der Waals surface area contributed by atoms with Crippen molar-refractivity contribution in [3.63, 3.8) is 0 Å². The van der Waals surface area contributed by atoms with Gasteiger partial charge < -0.3 is 14.5 Å². The van der Waals surface area contributed by atoms with Gasteiger partial charge >= 0.3 is 0 Å². The Morgan fingerprint density at radius 3 is 2.88 bits per heavy atom. The minimum atomic E-state index is -0.00109. The number of methoxy groups -OCH3 is 1. The summed E-state index contributed by atoms with van der Waals surface area (Å²) >= 11 is 0. The second-order valence-electron chi connectivity index (χ2n) is 6.53. The van der Waals surface area contributed by atoms with Gasteiger partial charge in [0.05, 0.1) is 25.0 Å². The molecule has 0 unspecified atom stereocenters. The van der Waals surface area contributed by atoms with Crippen LogP contribution in [0.3, 0.4) is 0 Å². The van der Waals surface area contributed by atoms with Gasteiger partial charge in [0.2, 0.25) is 0 Å². The Morgan fingerprint density at radius 2 is 2.15 bits per heavy atom.